The second-order valence-corrected chi connectivity index (χ2v) is 5.88. The molecule has 1 aliphatic heterocycles. The van der Waals surface area contributed by atoms with Gasteiger partial charge < -0.3 is 19.7 Å². The zero-order valence-corrected chi connectivity index (χ0v) is 14.2. The van der Waals surface area contributed by atoms with Crippen molar-refractivity contribution in [1.82, 2.24) is 9.97 Å². The second kappa shape index (κ2) is 6.35. The van der Waals surface area contributed by atoms with E-state index in [1.807, 2.05) is 51.0 Å². The number of hydrogen-bond donors (Lipinski definition) is 1. The van der Waals surface area contributed by atoms with Crippen LogP contribution in [0.1, 0.15) is 17.0 Å². The van der Waals surface area contributed by atoms with E-state index in [0.29, 0.717) is 23.1 Å². The average molecular weight is 328 g/mol. The molecule has 0 saturated heterocycles. The molecule has 0 aliphatic carbocycles. The fourth-order valence-electron chi connectivity index (χ4n) is 2.50. The summed E-state index contributed by atoms with van der Waals surface area (Å²) in [5, 5.41) is 2.91. The SMILES string of the molecule is Cc1nc(N(C)C)nc(C)c1NC(=O)Cc1ccc2c(c1)OCO2. The van der Waals surface area contributed by atoms with Crippen LogP contribution in [0, 0.1) is 13.8 Å². The fraction of sp³-hybridized carbons (Fsp3) is 0.353. The Kier molecular flexibility index (Phi) is 4.24. The molecular formula is C17H20N4O3. The third kappa shape index (κ3) is 3.24. The number of carbonyl (C=O) groups excluding carboxylic acids is 1. The Morgan fingerprint density at radius 3 is 2.50 bits per heavy atom. The topological polar surface area (TPSA) is 76.6 Å². The summed E-state index contributed by atoms with van der Waals surface area (Å²) in [6, 6.07) is 5.50. The number of ether oxygens (including phenoxy) is 2. The molecule has 2 aromatic rings. The van der Waals surface area contributed by atoms with E-state index in [4.69, 9.17) is 9.47 Å². The molecule has 1 amide bonds. The Labute approximate surface area is 140 Å². The van der Waals surface area contributed by atoms with Crippen molar-refractivity contribution >= 4 is 17.5 Å². The van der Waals surface area contributed by atoms with E-state index in [1.165, 1.54) is 0 Å². The van der Waals surface area contributed by atoms with Gasteiger partial charge in [-0.25, -0.2) is 9.97 Å². The molecule has 0 unspecified atom stereocenters. The van der Waals surface area contributed by atoms with Crippen molar-refractivity contribution in [2.45, 2.75) is 20.3 Å². The van der Waals surface area contributed by atoms with Gasteiger partial charge in [0.25, 0.3) is 0 Å². The number of nitrogens with zero attached hydrogens (tertiary/aromatic N) is 3. The summed E-state index contributed by atoms with van der Waals surface area (Å²) in [6.07, 6.45) is 0.241. The highest BCUT2D eigenvalue weighted by Crippen LogP contribution is 2.32. The molecule has 7 nitrogen and oxygen atoms in total. The molecule has 1 aromatic carbocycles. The van der Waals surface area contributed by atoms with Crippen LogP contribution in [0.15, 0.2) is 18.2 Å². The van der Waals surface area contributed by atoms with E-state index in [2.05, 4.69) is 15.3 Å². The van der Waals surface area contributed by atoms with E-state index in [1.54, 1.807) is 0 Å². The quantitative estimate of drug-likeness (QED) is 0.926. The summed E-state index contributed by atoms with van der Waals surface area (Å²) < 4.78 is 10.6. The molecule has 0 fully saturated rings. The third-order valence-electron chi connectivity index (χ3n) is 3.73. The van der Waals surface area contributed by atoms with Crippen molar-refractivity contribution in [2.24, 2.45) is 0 Å². The van der Waals surface area contributed by atoms with Gasteiger partial charge in [-0.15, -0.1) is 0 Å². The number of nitrogens with one attached hydrogen (secondary N) is 1. The molecule has 126 valence electrons. The van der Waals surface area contributed by atoms with Crippen LogP contribution >= 0.6 is 0 Å². The van der Waals surface area contributed by atoms with E-state index in [9.17, 15) is 4.79 Å². The van der Waals surface area contributed by atoms with Gasteiger partial charge in [0.05, 0.1) is 23.5 Å². The van der Waals surface area contributed by atoms with E-state index >= 15 is 0 Å². The van der Waals surface area contributed by atoms with Crippen LogP contribution in [0.5, 0.6) is 11.5 Å². The summed E-state index contributed by atoms with van der Waals surface area (Å²) in [6.45, 7) is 3.94. The summed E-state index contributed by atoms with van der Waals surface area (Å²) >= 11 is 0. The van der Waals surface area contributed by atoms with E-state index in [-0.39, 0.29) is 19.1 Å². The zero-order chi connectivity index (χ0) is 17.3. The van der Waals surface area contributed by atoms with Crippen molar-refractivity contribution in [1.29, 1.82) is 0 Å². The highest BCUT2D eigenvalue weighted by atomic mass is 16.7. The van der Waals surface area contributed by atoms with Gasteiger partial charge in [0.15, 0.2) is 11.5 Å². The molecule has 7 heteroatoms. The lowest BCUT2D eigenvalue weighted by Crippen LogP contribution is -2.19. The highest BCUT2D eigenvalue weighted by molar-refractivity contribution is 5.93. The lowest BCUT2D eigenvalue weighted by Gasteiger charge is -2.15. The Bertz CT molecular complexity index is 766. The van der Waals surface area contributed by atoms with Crippen molar-refractivity contribution in [3.63, 3.8) is 0 Å². The number of benzene rings is 1. The minimum Gasteiger partial charge on any atom is -0.454 e. The molecule has 24 heavy (non-hydrogen) atoms. The second-order valence-electron chi connectivity index (χ2n) is 5.88. The van der Waals surface area contributed by atoms with Gasteiger partial charge in [-0.3, -0.25) is 4.79 Å². The van der Waals surface area contributed by atoms with Crippen LogP contribution in [0.4, 0.5) is 11.6 Å². The van der Waals surface area contributed by atoms with Crippen LogP contribution in [-0.2, 0) is 11.2 Å². The van der Waals surface area contributed by atoms with Crippen LogP contribution in [0.3, 0.4) is 0 Å². The minimum atomic E-state index is -0.124. The third-order valence-corrected chi connectivity index (χ3v) is 3.73. The number of anilines is 2. The number of fused-ring (bicyclic) bond motifs is 1. The van der Waals surface area contributed by atoms with Gasteiger partial charge in [0.1, 0.15) is 0 Å². The Hall–Kier alpha value is -2.83. The number of amides is 1. The summed E-state index contributed by atoms with van der Waals surface area (Å²) in [4.78, 5) is 23.0. The van der Waals surface area contributed by atoms with Gasteiger partial charge in [0, 0.05) is 14.1 Å². The van der Waals surface area contributed by atoms with E-state index < -0.39 is 0 Å². The molecule has 3 rings (SSSR count). The van der Waals surface area contributed by atoms with Gasteiger partial charge in [0.2, 0.25) is 18.6 Å². The molecule has 1 aromatic heterocycles. The van der Waals surface area contributed by atoms with Crippen molar-refractivity contribution < 1.29 is 14.3 Å². The maximum Gasteiger partial charge on any atom is 0.231 e. The molecule has 1 aliphatic rings. The molecule has 0 radical (unpaired) electrons. The predicted molar refractivity (Wildman–Crippen MR) is 90.7 cm³/mol. The molecule has 0 bridgehead atoms. The predicted octanol–water partition coefficient (Wildman–Crippen LogP) is 2.07. The molecule has 0 spiro atoms. The normalized spacial score (nSPS) is 12.2. The first-order valence-electron chi connectivity index (χ1n) is 7.65. The number of carbonyl (C=O) groups is 1. The summed E-state index contributed by atoms with van der Waals surface area (Å²) in [5.41, 5.74) is 3.00. The first-order chi connectivity index (χ1) is 11.4. The number of aromatic nitrogens is 2. The summed E-state index contributed by atoms with van der Waals surface area (Å²) in [7, 11) is 3.76. The molecular weight excluding hydrogens is 308 g/mol. The van der Waals surface area contributed by atoms with Gasteiger partial charge in [-0.05, 0) is 31.5 Å². The fourth-order valence-corrected chi connectivity index (χ4v) is 2.50. The number of rotatable bonds is 4. The summed E-state index contributed by atoms with van der Waals surface area (Å²) in [5.74, 6) is 1.88. The molecule has 2 heterocycles. The van der Waals surface area contributed by atoms with Crippen molar-refractivity contribution in [3.8, 4) is 11.5 Å². The van der Waals surface area contributed by atoms with Crippen LogP contribution in [0.25, 0.3) is 0 Å². The lowest BCUT2D eigenvalue weighted by atomic mass is 10.1. The Morgan fingerprint density at radius 2 is 1.83 bits per heavy atom. The Balaban J connectivity index is 1.73. The minimum absolute atomic E-state index is 0.124. The van der Waals surface area contributed by atoms with Gasteiger partial charge in [-0.1, -0.05) is 6.07 Å². The lowest BCUT2D eigenvalue weighted by molar-refractivity contribution is -0.115. The van der Waals surface area contributed by atoms with Crippen LogP contribution in [-0.4, -0.2) is 36.8 Å². The average Bonchev–Trinajstić information content (AvgIpc) is 2.98. The molecule has 0 saturated carbocycles. The van der Waals surface area contributed by atoms with Crippen molar-refractivity contribution in [2.75, 3.05) is 31.1 Å². The van der Waals surface area contributed by atoms with E-state index in [0.717, 1.165) is 17.0 Å². The number of aryl methyl sites for hydroxylation is 2. The largest absolute Gasteiger partial charge is 0.454 e. The maximum absolute atomic E-state index is 12.4. The Morgan fingerprint density at radius 1 is 1.17 bits per heavy atom. The zero-order valence-electron chi connectivity index (χ0n) is 14.2. The smallest absolute Gasteiger partial charge is 0.231 e. The monoisotopic (exact) mass is 328 g/mol. The molecule has 0 atom stereocenters. The van der Waals surface area contributed by atoms with Gasteiger partial charge in [-0.2, -0.15) is 0 Å². The first-order valence-corrected chi connectivity index (χ1v) is 7.65. The van der Waals surface area contributed by atoms with Crippen LogP contribution < -0.4 is 19.7 Å². The van der Waals surface area contributed by atoms with Gasteiger partial charge >= 0.3 is 0 Å². The highest BCUT2D eigenvalue weighted by Gasteiger charge is 2.16. The molecule has 1 N–H and O–H groups in total. The van der Waals surface area contributed by atoms with Crippen LogP contribution in [0.2, 0.25) is 0 Å². The first kappa shape index (κ1) is 16.0. The standard InChI is InChI=1S/C17H20N4O3/c1-10-16(11(2)19-17(18-10)21(3)4)20-15(22)8-12-5-6-13-14(7-12)24-9-23-13/h5-7H,8-9H2,1-4H3,(H,20,22). The van der Waals surface area contributed by atoms with Crippen molar-refractivity contribution in [3.05, 3.63) is 35.2 Å². The maximum atomic E-state index is 12.4. The number of hydrogen-bond acceptors (Lipinski definition) is 6.